The number of benzene rings is 2. The van der Waals surface area contributed by atoms with E-state index in [2.05, 4.69) is 62.5 Å². The molecule has 7 heteroatoms. The van der Waals surface area contributed by atoms with Crippen molar-refractivity contribution < 1.29 is 4.79 Å². The quantitative estimate of drug-likeness (QED) is 0.257. The molecule has 0 amide bonds. The number of rotatable bonds is 9. The van der Waals surface area contributed by atoms with Gasteiger partial charge in [-0.25, -0.2) is 0 Å². The number of aldehydes is 1. The number of thioether (sulfide) groups is 1. The third-order valence-corrected chi connectivity index (χ3v) is 7.34. The van der Waals surface area contributed by atoms with Crippen LogP contribution < -0.4 is 10.2 Å². The molecule has 0 saturated heterocycles. The van der Waals surface area contributed by atoms with E-state index >= 15 is 0 Å². The first-order valence-corrected chi connectivity index (χ1v) is 12.9. The van der Waals surface area contributed by atoms with Gasteiger partial charge in [-0.15, -0.1) is 0 Å². The number of hydrogen-bond donors (Lipinski definition) is 1. The van der Waals surface area contributed by atoms with Gasteiger partial charge in [0.15, 0.2) is 5.17 Å². The van der Waals surface area contributed by atoms with E-state index in [9.17, 15) is 4.79 Å². The summed E-state index contributed by atoms with van der Waals surface area (Å²) in [6.45, 7) is 6.78. The Balaban J connectivity index is 1.66. The zero-order valence-corrected chi connectivity index (χ0v) is 22.4. The Bertz CT molecular complexity index is 1170. The van der Waals surface area contributed by atoms with E-state index in [4.69, 9.17) is 11.6 Å². The van der Waals surface area contributed by atoms with Crippen LogP contribution in [0.5, 0.6) is 0 Å². The zero-order valence-electron chi connectivity index (χ0n) is 19.2. The molecule has 1 heterocycles. The standard InChI is InChI=1S/C27H27BrClN3OS/c1-4-23(28)25(32(3)26-15-21(17-33)12-13-24(26)29)14-19(2)31-27-30-16-22(18-34-27)11-10-20-8-6-5-7-9-20/h4-9,12-15,17-18H,2,10-11,16H2,1,3H3,(H,30,31)/b23-4+,25-14+. The highest BCUT2D eigenvalue weighted by molar-refractivity contribution is 9.12. The number of aryl methyl sites for hydroxylation is 1. The summed E-state index contributed by atoms with van der Waals surface area (Å²) in [6, 6.07) is 15.7. The van der Waals surface area contributed by atoms with Crippen LogP contribution in [0.2, 0.25) is 5.02 Å². The van der Waals surface area contributed by atoms with E-state index in [-0.39, 0.29) is 0 Å². The van der Waals surface area contributed by atoms with Crippen molar-refractivity contribution in [2.75, 3.05) is 18.5 Å². The molecule has 0 radical (unpaired) electrons. The normalized spacial score (nSPS) is 14.2. The predicted octanol–water partition coefficient (Wildman–Crippen LogP) is 7.49. The van der Waals surface area contributed by atoms with Crippen LogP contribution in [0.3, 0.4) is 0 Å². The van der Waals surface area contributed by atoms with Gasteiger partial charge in [-0.2, -0.15) is 0 Å². The van der Waals surface area contributed by atoms with E-state index in [1.165, 1.54) is 11.1 Å². The zero-order chi connectivity index (χ0) is 24.5. The van der Waals surface area contributed by atoms with Crippen molar-refractivity contribution in [1.29, 1.82) is 0 Å². The number of amidine groups is 1. The molecule has 176 valence electrons. The minimum absolute atomic E-state index is 0.550. The molecule has 0 aromatic heterocycles. The number of carbonyl (C=O) groups is 1. The summed E-state index contributed by atoms with van der Waals surface area (Å²) >= 11 is 11.6. The molecule has 34 heavy (non-hydrogen) atoms. The van der Waals surface area contributed by atoms with Crippen LogP contribution in [-0.2, 0) is 6.42 Å². The van der Waals surface area contributed by atoms with Crippen molar-refractivity contribution in [2.45, 2.75) is 19.8 Å². The molecule has 1 aliphatic heterocycles. The number of nitrogens with one attached hydrogen (secondary N) is 1. The van der Waals surface area contributed by atoms with Crippen LogP contribution in [-0.4, -0.2) is 25.0 Å². The molecule has 0 saturated carbocycles. The molecule has 1 aliphatic rings. The molecule has 1 N–H and O–H groups in total. The van der Waals surface area contributed by atoms with E-state index in [0.29, 0.717) is 22.8 Å². The summed E-state index contributed by atoms with van der Waals surface area (Å²) < 4.78 is 0.867. The fourth-order valence-electron chi connectivity index (χ4n) is 3.35. The van der Waals surface area contributed by atoms with Crippen molar-refractivity contribution >= 4 is 56.4 Å². The average molecular weight is 557 g/mol. The highest BCUT2D eigenvalue weighted by Gasteiger charge is 2.15. The fourth-order valence-corrected chi connectivity index (χ4v) is 4.77. The van der Waals surface area contributed by atoms with Gasteiger partial charge < -0.3 is 10.2 Å². The maximum absolute atomic E-state index is 11.2. The van der Waals surface area contributed by atoms with E-state index in [0.717, 1.165) is 40.2 Å². The number of hydrogen-bond acceptors (Lipinski definition) is 5. The van der Waals surface area contributed by atoms with Gasteiger partial charge in [0.05, 0.1) is 23.0 Å². The van der Waals surface area contributed by atoms with Gasteiger partial charge in [-0.05, 0) is 70.4 Å². The second-order valence-corrected chi connectivity index (χ2v) is 9.82. The summed E-state index contributed by atoms with van der Waals surface area (Å²) in [7, 11) is 1.90. The number of nitrogens with zero attached hydrogens (tertiary/aromatic N) is 2. The van der Waals surface area contributed by atoms with Crippen molar-refractivity contribution in [3.05, 3.63) is 110 Å². The monoisotopic (exact) mass is 555 g/mol. The summed E-state index contributed by atoms with van der Waals surface area (Å²) in [5, 5.41) is 6.84. The van der Waals surface area contributed by atoms with Crippen LogP contribution >= 0.6 is 39.3 Å². The first-order valence-electron chi connectivity index (χ1n) is 10.8. The second-order valence-electron chi connectivity index (χ2n) is 7.71. The van der Waals surface area contributed by atoms with E-state index < -0.39 is 0 Å². The Labute approximate surface area is 219 Å². The summed E-state index contributed by atoms with van der Waals surface area (Å²) in [4.78, 5) is 17.9. The van der Waals surface area contributed by atoms with Crippen LogP contribution in [0, 0.1) is 0 Å². The number of halogens is 2. The summed E-state index contributed by atoms with van der Waals surface area (Å²) in [5.74, 6) is 0. The molecule has 0 unspecified atom stereocenters. The predicted molar refractivity (Wildman–Crippen MR) is 151 cm³/mol. The largest absolute Gasteiger partial charge is 0.342 e. The Morgan fingerprint density at radius 1 is 1.26 bits per heavy atom. The smallest absolute Gasteiger partial charge is 0.165 e. The fraction of sp³-hybridized carbons (Fsp3) is 0.185. The van der Waals surface area contributed by atoms with Gasteiger partial charge in [0.1, 0.15) is 6.29 Å². The SMILES string of the molecule is C=C(/C=C(\C(Br)=C/C)N(C)c1cc(C=O)ccc1Cl)NC1=NCC(CCc2ccccc2)=CS1. The number of carbonyl (C=O) groups excluding carboxylic acids is 1. The van der Waals surface area contributed by atoms with Gasteiger partial charge in [-0.1, -0.05) is 72.4 Å². The highest BCUT2D eigenvalue weighted by Crippen LogP contribution is 2.32. The Hall–Kier alpha value is -2.54. The lowest BCUT2D eigenvalue weighted by Gasteiger charge is -2.25. The summed E-state index contributed by atoms with van der Waals surface area (Å²) in [6.07, 6.45) is 6.69. The number of allylic oxidation sites excluding steroid dienone is 3. The maximum Gasteiger partial charge on any atom is 0.165 e. The lowest BCUT2D eigenvalue weighted by atomic mass is 10.1. The van der Waals surface area contributed by atoms with Gasteiger partial charge in [0, 0.05) is 22.8 Å². The Kier molecular flexibility index (Phi) is 9.81. The molecule has 3 rings (SSSR count). The third-order valence-electron chi connectivity index (χ3n) is 5.25. The van der Waals surface area contributed by atoms with E-state index in [1.807, 2.05) is 37.1 Å². The van der Waals surface area contributed by atoms with Gasteiger partial charge in [0.2, 0.25) is 0 Å². The molecular weight excluding hydrogens is 530 g/mol. The molecule has 0 bridgehead atoms. The lowest BCUT2D eigenvalue weighted by Crippen LogP contribution is -2.23. The Morgan fingerprint density at radius 2 is 2.03 bits per heavy atom. The molecule has 2 aromatic carbocycles. The van der Waals surface area contributed by atoms with Gasteiger partial charge in [-0.3, -0.25) is 9.79 Å². The maximum atomic E-state index is 11.2. The van der Waals surface area contributed by atoms with Crippen LogP contribution in [0.25, 0.3) is 0 Å². The first-order chi connectivity index (χ1) is 16.4. The van der Waals surface area contributed by atoms with Crippen LogP contribution in [0.4, 0.5) is 5.69 Å². The van der Waals surface area contributed by atoms with Crippen molar-refractivity contribution in [3.8, 4) is 0 Å². The molecule has 0 aliphatic carbocycles. The third kappa shape index (κ3) is 7.23. The molecule has 0 spiro atoms. The second kappa shape index (κ2) is 12.8. The molecule has 0 fully saturated rings. The van der Waals surface area contributed by atoms with Crippen molar-refractivity contribution in [1.82, 2.24) is 5.32 Å². The Morgan fingerprint density at radius 3 is 2.68 bits per heavy atom. The number of likely N-dealkylation sites (N-methyl/N-ethyl adjacent to an activating group) is 1. The van der Waals surface area contributed by atoms with Gasteiger partial charge in [0.25, 0.3) is 0 Å². The minimum Gasteiger partial charge on any atom is -0.342 e. The van der Waals surface area contributed by atoms with Crippen molar-refractivity contribution in [2.24, 2.45) is 4.99 Å². The molecule has 2 aromatic rings. The van der Waals surface area contributed by atoms with Crippen LogP contribution in [0.1, 0.15) is 29.3 Å². The minimum atomic E-state index is 0.550. The molecule has 0 atom stereocenters. The first kappa shape index (κ1) is 26.1. The van der Waals surface area contributed by atoms with Gasteiger partial charge >= 0.3 is 0 Å². The van der Waals surface area contributed by atoms with Crippen molar-refractivity contribution in [3.63, 3.8) is 0 Å². The number of anilines is 1. The lowest BCUT2D eigenvalue weighted by molar-refractivity contribution is 0.112. The van der Waals surface area contributed by atoms with Crippen LogP contribution in [0.15, 0.2) is 99.1 Å². The average Bonchev–Trinajstić information content (AvgIpc) is 2.87. The number of aliphatic imine (C=N–C) groups is 1. The molecule has 4 nitrogen and oxygen atoms in total. The molecular formula is C27H27BrClN3OS. The topological polar surface area (TPSA) is 44.7 Å². The summed E-state index contributed by atoms with van der Waals surface area (Å²) in [5.41, 5.74) is 5.47. The highest BCUT2D eigenvalue weighted by atomic mass is 79.9. The van der Waals surface area contributed by atoms with E-state index in [1.54, 1.807) is 30.0 Å².